The van der Waals surface area contributed by atoms with Crippen LogP contribution in [0.1, 0.15) is 38.5 Å². The zero-order chi connectivity index (χ0) is 9.99. The summed E-state index contributed by atoms with van der Waals surface area (Å²) in [6.07, 6.45) is 8.08. The maximum absolute atomic E-state index is 6.46. The van der Waals surface area contributed by atoms with Gasteiger partial charge in [0, 0.05) is 12.0 Å². The van der Waals surface area contributed by atoms with Gasteiger partial charge in [-0.05, 0) is 32.1 Å². The Morgan fingerprint density at radius 2 is 1.67 bits per heavy atom. The lowest BCUT2D eigenvalue weighted by molar-refractivity contribution is -0.358. The molecule has 4 rings (SSSR count). The first kappa shape index (κ1) is 8.97. The van der Waals surface area contributed by atoms with Gasteiger partial charge in [-0.25, -0.2) is 0 Å². The van der Waals surface area contributed by atoms with Crippen LogP contribution in [-0.2, 0) is 9.47 Å². The van der Waals surface area contributed by atoms with Crippen molar-refractivity contribution in [3.63, 3.8) is 0 Å². The van der Waals surface area contributed by atoms with E-state index in [9.17, 15) is 0 Å². The maximum Gasteiger partial charge on any atom is 0.167 e. The minimum Gasteiger partial charge on any atom is -0.372 e. The predicted octanol–water partition coefficient (Wildman–Crippen LogP) is 1.43. The molecule has 0 bridgehead atoms. The largest absolute Gasteiger partial charge is 0.372 e. The summed E-state index contributed by atoms with van der Waals surface area (Å²) in [7, 11) is 0. The molecule has 2 saturated heterocycles. The molecule has 4 aliphatic rings. The smallest absolute Gasteiger partial charge is 0.167 e. The molecule has 0 unspecified atom stereocenters. The van der Waals surface area contributed by atoms with Gasteiger partial charge in [-0.2, -0.15) is 0 Å². The topological polar surface area (TPSA) is 30.5 Å². The standard InChI is InChI=1S/C12H19NO2/c1-3-10(4-1)7-13-12(8-14-9-12)15-11(10)5-2-6-11/h13H,1-9H2. The fourth-order valence-corrected chi connectivity index (χ4v) is 3.82. The summed E-state index contributed by atoms with van der Waals surface area (Å²) in [5, 5.41) is 3.60. The number of hydrogen-bond acceptors (Lipinski definition) is 3. The highest BCUT2D eigenvalue weighted by molar-refractivity contribution is 5.15. The van der Waals surface area contributed by atoms with Crippen molar-refractivity contribution in [1.82, 2.24) is 5.32 Å². The Bertz CT molecular complexity index is 290. The van der Waals surface area contributed by atoms with Crippen LogP contribution in [0.25, 0.3) is 0 Å². The van der Waals surface area contributed by atoms with Crippen LogP contribution in [0.15, 0.2) is 0 Å². The van der Waals surface area contributed by atoms with Crippen molar-refractivity contribution in [3.8, 4) is 0 Å². The molecule has 0 aromatic carbocycles. The lowest BCUT2D eigenvalue weighted by Crippen LogP contribution is -2.78. The van der Waals surface area contributed by atoms with Gasteiger partial charge in [-0.1, -0.05) is 6.42 Å². The van der Waals surface area contributed by atoms with E-state index in [1.807, 2.05) is 0 Å². The lowest BCUT2D eigenvalue weighted by atomic mass is 9.51. The zero-order valence-corrected chi connectivity index (χ0v) is 9.18. The summed E-state index contributed by atoms with van der Waals surface area (Å²) >= 11 is 0. The molecule has 0 aromatic rings. The molecule has 0 aromatic heterocycles. The third-order valence-electron chi connectivity index (χ3n) is 5.25. The number of nitrogens with one attached hydrogen (secondary N) is 1. The molecule has 0 atom stereocenters. The Balaban J connectivity index is 1.64. The van der Waals surface area contributed by atoms with E-state index in [-0.39, 0.29) is 11.3 Å². The third kappa shape index (κ3) is 0.931. The average molecular weight is 209 g/mol. The second kappa shape index (κ2) is 2.58. The first-order valence-corrected chi connectivity index (χ1v) is 6.31. The van der Waals surface area contributed by atoms with Gasteiger partial charge in [0.25, 0.3) is 0 Å². The van der Waals surface area contributed by atoms with Crippen molar-refractivity contribution in [2.45, 2.75) is 49.9 Å². The molecule has 2 aliphatic heterocycles. The SMILES string of the molecule is C1CC2(C1)CNC1(COC1)OC21CCC1. The van der Waals surface area contributed by atoms with Crippen LogP contribution in [0.5, 0.6) is 0 Å². The fourth-order valence-electron chi connectivity index (χ4n) is 3.82. The highest BCUT2D eigenvalue weighted by Crippen LogP contribution is 2.61. The molecule has 2 aliphatic carbocycles. The summed E-state index contributed by atoms with van der Waals surface area (Å²) in [5.41, 5.74) is 0.633. The number of ether oxygens (including phenoxy) is 2. The number of rotatable bonds is 0. The highest BCUT2D eigenvalue weighted by Gasteiger charge is 2.65. The summed E-state index contributed by atoms with van der Waals surface area (Å²) < 4.78 is 11.8. The monoisotopic (exact) mass is 209 g/mol. The van der Waals surface area contributed by atoms with Gasteiger partial charge in [0.05, 0.1) is 18.8 Å². The van der Waals surface area contributed by atoms with E-state index in [1.54, 1.807) is 0 Å². The molecule has 84 valence electrons. The van der Waals surface area contributed by atoms with Gasteiger partial charge in [-0.3, -0.25) is 5.32 Å². The molecule has 2 heterocycles. The van der Waals surface area contributed by atoms with Crippen LogP contribution in [0.2, 0.25) is 0 Å². The molecule has 15 heavy (non-hydrogen) atoms. The first-order chi connectivity index (χ1) is 7.29. The molecular formula is C12H19NO2. The Morgan fingerprint density at radius 1 is 0.933 bits per heavy atom. The van der Waals surface area contributed by atoms with Crippen molar-refractivity contribution in [3.05, 3.63) is 0 Å². The average Bonchev–Trinajstić information content (AvgIpc) is 2.09. The molecule has 0 radical (unpaired) electrons. The van der Waals surface area contributed by atoms with E-state index >= 15 is 0 Å². The third-order valence-corrected chi connectivity index (χ3v) is 5.25. The first-order valence-electron chi connectivity index (χ1n) is 6.31. The Hall–Kier alpha value is -0.120. The predicted molar refractivity (Wildman–Crippen MR) is 55.5 cm³/mol. The minimum absolute atomic E-state index is 0.0960. The Kier molecular flexibility index (Phi) is 1.54. The van der Waals surface area contributed by atoms with Crippen molar-refractivity contribution in [2.24, 2.45) is 5.41 Å². The summed E-state index contributed by atoms with van der Waals surface area (Å²) in [6, 6.07) is 0. The van der Waals surface area contributed by atoms with Crippen molar-refractivity contribution < 1.29 is 9.47 Å². The Labute approximate surface area is 90.5 Å². The molecular weight excluding hydrogens is 190 g/mol. The molecule has 0 amide bonds. The van der Waals surface area contributed by atoms with Crippen molar-refractivity contribution >= 4 is 0 Å². The van der Waals surface area contributed by atoms with Gasteiger partial charge in [0.1, 0.15) is 0 Å². The second-order valence-electron chi connectivity index (χ2n) is 5.92. The van der Waals surface area contributed by atoms with Crippen LogP contribution in [-0.4, -0.2) is 31.1 Å². The second-order valence-corrected chi connectivity index (χ2v) is 5.92. The highest BCUT2D eigenvalue weighted by atomic mass is 16.6. The van der Waals surface area contributed by atoms with E-state index in [1.165, 1.54) is 38.5 Å². The normalized spacial score (nSPS) is 38.4. The van der Waals surface area contributed by atoms with Crippen molar-refractivity contribution in [1.29, 1.82) is 0 Å². The van der Waals surface area contributed by atoms with E-state index < -0.39 is 0 Å². The summed E-state index contributed by atoms with van der Waals surface area (Å²) in [5.74, 6) is 0. The van der Waals surface area contributed by atoms with Crippen LogP contribution in [0, 0.1) is 5.41 Å². The molecule has 3 heteroatoms. The summed E-state index contributed by atoms with van der Waals surface area (Å²) in [6.45, 7) is 2.67. The van der Waals surface area contributed by atoms with Crippen LogP contribution >= 0.6 is 0 Å². The fraction of sp³-hybridized carbons (Fsp3) is 1.00. The minimum atomic E-state index is -0.0960. The molecule has 4 fully saturated rings. The zero-order valence-electron chi connectivity index (χ0n) is 9.18. The molecule has 3 nitrogen and oxygen atoms in total. The lowest BCUT2D eigenvalue weighted by Gasteiger charge is -2.67. The quantitative estimate of drug-likeness (QED) is 0.654. The number of fused-ring (bicyclic) bond motifs is 1. The van der Waals surface area contributed by atoms with Crippen LogP contribution in [0.3, 0.4) is 0 Å². The van der Waals surface area contributed by atoms with Gasteiger partial charge in [-0.15, -0.1) is 0 Å². The Morgan fingerprint density at radius 3 is 2.07 bits per heavy atom. The molecule has 2 saturated carbocycles. The number of hydrogen-bond donors (Lipinski definition) is 1. The molecule has 3 spiro atoms. The van der Waals surface area contributed by atoms with Crippen LogP contribution in [0.4, 0.5) is 0 Å². The van der Waals surface area contributed by atoms with E-state index in [0.717, 1.165) is 19.8 Å². The van der Waals surface area contributed by atoms with E-state index in [2.05, 4.69) is 5.32 Å². The van der Waals surface area contributed by atoms with Gasteiger partial charge < -0.3 is 9.47 Å². The van der Waals surface area contributed by atoms with E-state index in [4.69, 9.17) is 9.47 Å². The maximum atomic E-state index is 6.46. The van der Waals surface area contributed by atoms with Crippen LogP contribution < -0.4 is 5.32 Å². The van der Waals surface area contributed by atoms with Crippen molar-refractivity contribution in [2.75, 3.05) is 19.8 Å². The van der Waals surface area contributed by atoms with Gasteiger partial charge in [0.15, 0.2) is 5.72 Å². The van der Waals surface area contributed by atoms with Gasteiger partial charge in [0.2, 0.25) is 0 Å². The van der Waals surface area contributed by atoms with Gasteiger partial charge >= 0.3 is 0 Å². The van der Waals surface area contributed by atoms with E-state index in [0.29, 0.717) is 5.41 Å². The molecule has 1 N–H and O–H groups in total. The summed E-state index contributed by atoms with van der Waals surface area (Å²) in [4.78, 5) is 0.